The first-order valence-electron chi connectivity index (χ1n) is 10.5. The summed E-state index contributed by atoms with van der Waals surface area (Å²) in [4.78, 5) is 9.43. The molecule has 136 valence electrons. The van der Waals surface area contributed by atoms with Crippen LogP contribution in [-0.4, -0.2) is 9.97 Å². The largest absolute Gasteiger partial charge is 0.241 e. The lowest BCUT2D eigenvalue weighted by Gasteiger charge is -2.29. The van der Waals surface area contributed by atoms with Gasteiger partial charge >= 0.3 is 0 Å². The van der Waals surface area contributed by atoms with E-state index in [0.29, 0.717) is 11.8 Å². The summed E-state index contributed by atoms with van der Waals surface area (Å²) in [5.74, 6) is 3.36. The van der Waals surface area contributed by atoms with Gasteiger partial charge in [-0.1, -0.05) is 32.6 Å². The van der Waals surface area contributed by atoms with Crippen molar-refractivity contribution in [3.8, 4) is 6.07 Å². The third kappa shape index (κ3) is 5.03. The third-order valence-corrected chi connectivity index (χ3v) is 6.50. The van der Waals surface area contributed by atoms with Crippen molar-refractivity contribution in [3.05, 3.63) is 23.8 Å². The summed E-state index contributed by atoms with van der Waals surface area (Å²) in [5, 5.41) is 9.03. The van der Waals surface area contributed by atoms with Crippen LogP contribution in [0.5, 0.6) is 0 Å². The van der Waals surface area contributed by atoms with Crippen molar-refractivity contribution < 1.29 is 0 Å². The predicted molar refractivity (Wildman–Crippen MR) is 101 cm³/mol. The first-order chi connectivity index (χ1) is 12.3. The molecule has 2 aliphatic rings. The second-order valence-electron chi connectivity index (χ2n) is 8.27. The number of nitriles is 1. The highest BCUT2D eigenvalue weighted by Crippen LogP contribution is 2.38. The molecule has 0 aromatic carbocycles. The van der Waals surface area contributed by atoms with Gasteiger partial charge in [0, 0.05) is 24.2 Å². The minimum atomic E-state index is 0.253. The van der Waals surface area contributed by atoms with E-state index < -0.39 is 0 Å². The van der Waals surface area contributed by atoms with Crippen LogP contribution >= 0.6 is 0 Å². The highest BCUT2D eigenvalue weighted by atomic mass is 14.9. The van der Waals surface area contributed by atoms with Gasteiger partial charge in [-0.2, -0.15) is 5.26 Å². The van der Waals surface area contributed by atoms with Crippen molar-refractivity contribution in [1.82, 2.24) is 9.97 Å². The monoisotopic (exact) mass is 339 g/mol. The second kappa shape index (κ2) is 9.32. The van der Waals surface area contributed by atoms with Gasteiger partial charge in [-0.3, -0.25) is 0 Å². The Labute approximate surface area is 153 Å². The lowest BCUT2D eigenvalue weighted by molar-refractivity contribution is 0.302. The van der Waals surface area contributed by atoms with Crippen molar-refractivity contribution in [1.29, 1.82) is 5.26 Å². The zero-order valence-corrected chi connectivity index (χ0v) is 15.8. The average Bonchev–Trinajstić information content (AvgIpc) is 2.69. The molecule has 0 bridgehead atoms. The average molecular weight is 340 g/mol. The van der Waals surface area contributed by atoms with E-state index in [1.165, 1.54) is 56.9 Å². The molecule has 2 aliphatic carbocycles. The molecule has 0 saturated heterocycles. The molecule has 0 atom stereocenters. The quantitative estimate of drug-likeness (QED) is 0.586. The molecule has 0 N–H and O–H groups in total. The van der Waals surface area contributed by atoms with Crippen molar-refractivity contribution >= 4 is 0 Å². The topological polar surface area (TPSA) is 49.6 Å². The highest BCUT2D eigenvalue weighted by molar-refractivity contribution is 5.14. The van der Waals surface area contributed by atoms with E-state index >= 15 is 0 Å². The fourth-order valence-corrected chi connectivity index (χ4v) is 4.72. The Morgan fingerprint density at radius 2 is 1.56 bits per heavy atom. The molecule has 0 amide bonds. The number of unbranched alkanes of at least 4 members (excludes halogenated alkanes) is 2. The van der Waals surface area contributed by atoms with Crippen LogP contribution in [0.3, 0.4) is 0 Å². The summed E-state index contributed by atoms with van der Waals surface area (Å²) in [6, 6.07) is 2.41. The molecule has 0 radical (unpaired) electrons. The molecule has 3 nitrogen and oxygen atoms in total. The Kier molecular flexibility index (Phi) is 6.84. The molecule has 3 heteroatoms. The maximum absolute atomic E-state index is 9.03. The van der Waals surface area contributed by atoms with Crippen LogP contribution in [0.25, 0.3) is 0 Å². The molecule has 1 aromatic heterocycles. The number of aromatic nitrogens is 2. The molecule has 0 aliphatic heterocycles. The third-order valence-electron chi connectivity index (χ3n) is 6.50. The van der Waals surface area contributed by atoms with Crippen LogP contribution in [0.4, 0.5) is 0 Å². The van der Waals surface area contributed by atoms with Crippen LogP contribution in [-0.2, 0) is 0 Å². The van der Waals surface area contributed by atoms with E-state index in [9.17, 15) is 0 Å². The van der Waals surface area contributed by atoms with Gasteiger partial charge in [-0.05, 0) is 68.8 Å². The zero-order chi connectivity index (χ0) is 17.5. The Hall–Kier alpha value is -1.43. The molecular weight excluding hydrogens is 306 g/mol. The van der Waals surface area contributed by atoms with Gasteiger partial charge in [0.1, 0.15) is 5.82 Å². The molecular formula is C22H33N3. The fraction of sp³-hybridized carbons (Fsp3) is 0.773. The first kappa shape index (κ1) is 18.4. The van der Waals surface area contributed by atoms with Crippen molar-refractivity contribution in [2.24, 2.45) is 11.8 Å². The van der Waals surface area contributed by atoms with E-state index in [-0.39, 0.29) is 5.92 Å². The summed E-state index contributed by atoms with van der Waals surface area (Å²) in [7, 11) is 0. The number of rotatable bonds is 6. The number of hydrogen-bond donors (Lipinski definition) is 0. The molecule has 0 unspecified atom stereocenters. The molecule has 2 saturated carbocycles. The fourth-order valence-electron chi connectivity index (χ4n) is 4.72. The maximum Gasteiger partial charge on any atom is 0.131 e. The Morgan fingerprint density at radius 1 is 0.920 bits per heavy atom. The van der Waals surface area contributed by atoms with Crippen molar-refractivity contribution in [2.75, 3.05) is 0 Å². The standard InChI is InChI=1S/C22H33N3/c1-2-3-4-5-17-6-10-19(11-7-17)21-15-24-22(25-16-21)20-12-8-18(14-23)9-13-20/h15-20H,2-13H2,1H3/t17-,18-,19-,20-. The zero-order valence-electron chi connectivity index (χ0n) is 15.8. The smallest absolute Gasteiger partial charge is 0.131 e. The van der Waals surface area contributed by atoms with E-state index in [1.807, 2.05) is 0 Å². The van der Waals surface area contributed by atoms with Crippen molar-refractivity contribution in [3.63, 3.8) is 0 Å². The summed E-state index contributed by atoms with van der Waals surface area (Å²) in [5.41, 5.74) is 1.35. The first-order valence-corrected chi connectivity index (χ1v) is 10.5. The van der Waals surface area contributed by atoms with Gasteiger partial charge in [0.25, 0.3) is 0 Å². The summed E-state index contributed by atoms with van der Waals surface area (Å²) >= 11 is 0. The van der Waals surface area contributed by atoms with Crippen LogP contribution in [0.2, 0.25) is 0 Å². The van der Waals surface area contributed by atoms with Crippen molar-refractivity contribution in [2.45, 2.75) is 95.8 Å². The molecule has 2 fully saturated rings. The van der Waals surface area contributed by atoms with E-state index in [1.54, 1.807) is 0 Å². The van der Waals surface area contributed by atoms with Gasteiger partial charge in [0.15, 0.2) is 0 Å². The highest BCUT2D eigenvalue weighted by Gasteiger charge is 2.25. The predicted octanol–water partition coefficient (Wildman–Crippen LogP) is 6.13. The number of nitrogens with zero attached hydrogens (tertiary/aromatic N) is 3. The van der Waals surface area contributed by atoms with E-state index in [4.69, 9.17) is 15.2 Å². The lowest BCUT2D eigenvalue weighted by Crippen LogP contribution is -2.16. The van der Waals surface area contributed by atoms with Crippen LogP contribution in [0.15, 0.2) is 12.4 Å². The summed E-state index contributed by atoms with van der Waals surface area (Å²) in [6.45, 7) is 2.29. The Balaban J connectivity index is 1.48. The van der Waals surface area contributed by atoms with Gasteiger partial charge in [0.05, 0.1) is 6.07 Å². The molecule has 25 heavy (non-hydrogen) atoms. The minimum absolute atomic E-state index is 0.253. The molecule has 1 heterocycles. The Morgan fingerprint density at radius 3 is 2.16 bits per heavy atom. The van der Waals surface area contributed by atoms with Gasteiger partial charge < -0.3 is 0 Å². The SMILES string of the molecule is CCCCC[C@H]1CC[C@H](c2cnc([C@H]3CC[C@H](C#N)CC3)nc2)CC1. The maximum atomic E-state index is 9.03. The lowest BCUT2D eigenvalue weighted by atomic mass is 9.77. The van der Waals surface area contributed by atoms with Crippen LogP contribution < -0.4 is 0 Å². The summed E-state index contributed by atoms with van der Waals surface area (Å²) in [6.07, 6.45) is 19.3. The van der Waals surface area contributed by atoms with E-state index in [0.717, 1.165) is 37.4 Å². The normalized spacial score (nSPS) is 29.9. The minimum Gasteiger partial charge on any atom is -0.241 e. The van der Waals surface area contributed by atoms with Crippen LogP contribution in [0.1, 0.15) is 107 Å². The van der Waals surface area contributed by atoms with Gasteiger partial charge in [-0.15, -0.1) is 0 Å². The van der Waals surface area contributed by atoms with Crippen LogP contribution in [0, 0.1) is 23.2 Å². The van der Waals surface area contributed by atoms with E-state index in [2.05, 4.69) is 25.4 Å². The second-order valence-corrected chi connectivity index (χ2v) is 8.27. The number of hydrogen-bond acceptors (Lipinski definition) is 3. The molecule has 1 aromatic rings. The summed E-state index contributed by atoms with van der Waals surface area (Å²) < 4.78 is 0. The van der Waals surface area contributed by atoms with Gasteiger partial charge in [0.2, 0.25) is 0 Å². The molecule has 0 spiro atoms. The molecule has 3 rings (SSSR count). The van der Waals surface area contributed by atoms with Gasteiger partial charge in [-0.25, -0.2) is 9.97 Å². The Bertz CT molecular complexity index is 544.